The third kappa shape index (κ3) is 41.2. The molecule has 220 valence electrons. The minimum Gasteiger partial charge on any atom is -0.326 e. The third-order valence-corrected chi connectivity index (χ3v) is 7.20. The lowest BCUT2D eigenvalue weighted by atomic mass is 9.97. The van der Waals surface area contributed by atoms with E-state index in [9.17, 15) is 4.57 Å². The van der Waals surface area contributed by atoms with E-state index in [4.69, 9.17) is 15.5 Å². The van der Waals surface area contributed by atoms with Crippen molar-refractivity contribution in [3.63, 3.8) is 0 Å². The van der Waals surface area contributed by atoms with Gasteiger partial charge in [-0.3, -0.25) is 4.52 Å². The molecule has 0 aromatic rings. The Hall–Kier alpha value is 0.0700. The summed E-state index contributed by atoms with van der Waals surface area (Å²) in [5, 5.41) is 0. The molecule has 0 radical (unpaired) electrons. The lowest BCUT2D eigenvalue weighted by Crippen LogP contribution is -2.31. The molecule has 0 fully saturated rings. The Kier molecular flexibility index (Phi) is 29.8. The van der Waals surface area contributed by atoms with Crippen LogP contribution in [0.25, 0.3) is 0 Å². The first kappa shape index (κ1) is 38.2. The Bertz CT molecular complexity index is 462. The molecule has 0 atom stereocenters. The smallest absolute Gasteiger partial charge is 0.326 e. The number of rotatable bonds is 26. The number of nitrogens with two attached hydrogens (primary N) is 1. The zero-order chi connectivity index (χ0) is 27.4. The van der Waals surface area contributed by atoms with Crippen LogP contribution in [-0.2, 0) is 9.09 Å². The molecule has 0 heterocycles. The fourth-order valence-corrected chi connectivity index (χ4v) is 4.74. The van der Waals surface area contributed by atoms with Crippen LogP contribution in [0.5, 0.6) is 0 Å². The molecule has 0 aromatic carbocycles. The Balaban J connectivity index is 0. The topological polar surface area (TPSA) is 92.8 Å². The highest BCUT2D eigenvalue weighted by molar-refractivity contribution is 7.46. The predicted molar refractivity (Wildman–Crippen MR) is 158 cm³/mol. The maximum atomic E-state index is 10.4. The van der Waals surface area contributed by atoms with Crippen molar-refractivity contribution in [2.75, 3.05) is 6.61 Å². The molecular weight excluding hydrogens is 469 g/mol. The van der Waals surface area contributed by atoms with Crippen molar-refractivity contribution >= 4 is 7.82 Å². The van der Waals surface area contributed by atoms with E-state index in [0.717, 1.165) is 19.3 Å². The van der Waals surface area contributed by atoms with E-state index in [1.165, 1.54) is 135 Å². The van der Waals surface area contributed by atoms with Crippen LogP contribution in [0, 0.1) is 0 Å². The largest absolute Gasteiger partial charge is 0.469 e. The van der Waals surface area contributed by atoms with Crippen molar-refractivity contribution in [3.05, 3.63) is 0 Å². The van der Waals surface area contributed by atoms with Crippen LogP contribution in [0.4, 0.5) is 0 Å². The van der Waals surface area contributed by atoms with Gasteiger partial charge in [-0.15, -0.1) is 0 Å². The standard InChI is InChI=1S/C16H35O4P.C14H31N/c1-2-3-4-5-6-7-8-9-10-11-12-13-14-15-16-20-21(17,18)19;1-4-5-6-7-8-9-10-11-12-13-14(2,3)15/h2-16H2,1H3,(H2,17,18,19);4-13,15H2,1-3H3. The normalized spacial score (nSPS) is 12.0. The summed E-state index contributed by atoms with van der Waals surface area (Å²) in [5.74, 6) is 0. The van der Waals surface area contributed by atoms with Crippen LogP contribution < -0.4 is 5.73 Å². The van der Waals surface area contributed by atoms with E-state index in [1.807, 2.05) is 0 Å². The molecule has 0 unspecified atom stereocenters. The molecular formula is C30H66NO4P. The molecule has 0 amide bonds. The number of phosphoric acid groups is 1. The van der Waals surface area contributed by atoms with Gasteiger partial charge in [-0.05, 0) is 26.7 Å². The molecule has 4 N–H and O–H groups in total. The highest BCUT2D eigenvalue weighted by Gasteiger charge is 2.12. The van der Waals surface area contributed by atoms with Gasteiger partial charge in [-0.2, -0.15) is 0 Å². The predicted octanol–water partition coefficient (Wildman–Crippen LogP) is 10.2. The Morgan fingerprint density at radius 1 is 0.556 bits per heavy atom. The number of unbranched alkanes of at least 4 members (excludes halogenated alkanes) is 21. The highest BCUT2D eigenvalue weighted by Crippen LogP contribution is 2.35. The summed E-state index contributed by atoms with van der Waals surface area (Å²) in [5.41, 5.74) is 5.97. The van der Waals surface area contributed by atoms with E-state index < -0.39 is 7.82 Å². The average Bonchev–Trinajstić information content (AvgIpc) is 2.79. The van der Waals surface area contributed by atoms with Crippen molar-refractivity contribution in [2.45, 2.75) is 187 Å². The first-order chi connectivity index (χ1) is 17.1. The fourth-order valence-electron chi connectivity index (χ4n) is 4.37. The second-order valence-corrected chi connectivity index (χ2v) is 12.7. The van der Waals surface area contributed by atoms with Gasteiger partial charge in [0, 0.05) is 5.54 Å². The summed E-state index contributed by atoms with van der Waals surface area (Å²) in [6.07, 6.45) is 31.5. The van der Waals surface area contributed by atoms with Gasteiger partial charge in [-0.1, -0.05) is 155 Å². The van der Waals surface area contributed by atoms with E-state index >= 15 is 0 Å². The zero-order valence-electron chi connectivity index (χ0n) is 24.9. The molecule has 0 aromatic heterocycles. The van der Waals surface area contributed by atoms with Gasteiger partial charge >= 0.3 is 7.82 Å². The SMILES string of the molecule is CCCCCCCCCCCC(C)(C)N.CCCCCCCCCCCCCCCCOP(=O)(O)O. The minimum absolute atomic E-state index is 0.0428. The summed E-state index contributed by atoms with van der Waals surface area (Å²) >= 11 is 0. The summed E-state index contributed by atoms with van der Waals surface area (Å²) in [6.45, 7) is 8.94. The molecule has 0 bridgehead atoms. The maximum Gasteiger partial charge on any atom is 0.469 e. The van der Waals surface area contributed by atoms with Crippen molar-refractivity contribution in [2.24, 2.45) is 5.73 Å². The Morgan fingerprint density at radius 3 is 1.11 bits per heavy atom. The van der Waals surface area contributed by atoms with Crippen LogP contribution in [0.15, 0.2) is 0 Å². The molecule has 5 nitrogen and oxygen atoms in total. The zero-order valence-corrected chi connectivity index (χ0v) is 25.8. The van der Waals surface area contributed by atoms with Crippen molar-refractivity contribution in [1.29, 1.82) is 0 Å². The second-order valence-electron chi connectivity index (χ2n) is 11.5. The van der Waals surface area contributed by atoms with Gasteiger partial charge in [0.2, 0.25) is 0 Å². The molecule has 6 heteroatoms. The fraction of sp³-hybridized carbons (Fsp3) is 1.00. The van der Waals surface area contributed by atoms with Gasteiger partial charge in [0.1, 0.15) is 0 Å². The minimum atomic E-state index is -4.25. The van der Waals surface area contributed by atoms with E-state index in [-0.39, 0.29) is 12.1 Å². The number of hydrogen-bond acceptors (Lipinski definition) is 3. The van der Waals surface area contributed by atoms with Gasteiger partial charge in [0.15, 0.2) is 0 Å². The summed E-state index contributed by atoms with van der Waals surface area (Å²) in [7, 11) is -4.25. The maximum absolute atomic E-state index is 10.4. The molecule has 0 spiro atoms. The summed E-state index contributed by atoms with van der Waals surface area (Å²) < 4.78 is 14.8. The van der Waals surface area contributed by atoms with Gasteiger partial charge in [0.25, 0.3) is 0 Å². The van der Waals surface area contributed by atoms with Crippen molar-refractivity contribution in [1.82, 2.24) is 0 Å². The van der Waals surface area contributed by atoms with Crippen LogP contribution in [-0.4, -0.2) is 21.9 Å². The highest BCUT2D eigenvalue weighted by atomic mass is 31.2. The first-order valence-corrected chi connectivity index (χ1v) is 17.1. The second kappa shape index (κ2) is 28.1. The third-order valence-electron chi connectivity index (χ3n) is 6.68. The van der Waals surface area contributed by atoms with Crippen LogP contribution >= 0.6 is 7.82 Å². The molecule has 0 aliphatic rings. The van der Waals surface area contributed by atoms with E-state index in [1.54, 1.807) is 0 Å². The molecule has 0 aliphatic heterocycles. The van der Waals surface area contributed by atoms with Gasteiger partial charge in [0.05, 0.1) is 6.61 Å². The monoisotopic (exact) mass is 535 g/mol. The van der Waals surface area contributed by atoms with E-state index in [0.29, 0.717) is 0 Å². The lowest BCUT2D eigenvalue weighted by Gasteiger charge is -2.17. The molecule has 0 aliphatic carbocycles. The van der Waals surface area contributed by atoms with Crippen LogP contribution in [0.3, 0.4) is 0 Å². The Morgan fingerprint density at radius 2 is 0.833 bits per heavy atom. The van der Waals surface area contributed by atoms with Crippen LogP contribution in [0.2, 0.25) is 0 Å². The lowest BCUT2D eigenvalue weighted by molar-refractivity contribution is 0.193. The molecule has 0 saturated carbocycles. The quantitative estimate of drug-likeness (QED) is 0.0756. The summed E-state index contributed by atoms with van der Waals surface area (Å²) in [4.78, 5) is 17.0. The number of phosphoric ester groups is 1. The molecule has 0 saturated heterocycles. The molecule has 0 rings (SSSR count). The van der Waals surface area contributed by atoms with Gasteiger partial charge in [-0.25, -0.2) is 4.57 Å². The average molecular weight is 536 g/mol. The molecule has 36 heavy (non-hydrogen) atoms. The van der Waals surface area contributed by atoms with Crippen LogP contribution in [0.1, 0.15) is 182 Å². The Labute approximate surface area is 226 Å². The van der Waals surface area contributed by atoms with Gasteiger partial charge < -0.3 is 15.5 Å². The van der Waals surface area contributed by atoms with Crippen molar-refractivity contribution < 1.29 is 18.9 Å². The summed E-state index contributed by atoms with van der Waals surface area (Å²) in [6, 6.07) is 0. The first-order valence-electron chi connectivity index (χ1n) is 15.6. The van der Waals surface area contributed by atoms with E-state index in [2.05, 4.69) is 32.2 Å². The van der Waals surface area contributed by atoms with Crippen molar-refractivity contribution in [3.8, 4) is 0 Å². The number of hydrogen-bond donors (Lipinski definition) is 3.